The van der Waals surface area contributed by atoms with Crippen molar-refractivity contribution in [3.63, 3.8) is 0 Å². The van der Waals surface area contributed by atoms with Crippen molar-refractivity contribution in [2.24, 2.45) is 5.73 Å². The van der Waals surface area contributed by atoms with Gasteiger partial charge in [0.2, 0.25) is 5.82 Å². The summed E-state index contributed by atoms with van der Waals surface area (Å²) in [5.41, 5.74) is 3.45. The first-order valence-electron chi connectivity index (χ1n) is 4.25. The SMILES string of the molecule is CC(O)(CN)c1ccc(F)c([N+](=O)[O-])c1. The summed E-state index contributed by atoms with van der Waals surface area (Å²) in [4.78, 5) is 9.60. The first-order valence-corrected chi connectivity index (χ1v) is 4.25. The van der Waals surface area contributed by atoms with Crippen LogP contribution in [0.3, 0.4) is 0 Å². The number of rotatable bonds is 3. The van der Waals surface area contributed by atoms with Gasteiger partial charge < -0.3 is 10.8 Å². The second kappa shape index (κ2) is 3.92. The number of nitrogens with two attached hydrogens (primary N) is 1. The number of hydrogen-bond donors (Lipinski definition) is 2. The van der Waals surface area contributed by atoms with Crippen molar-refractivity contribution in [3.8, 4) is 0 Å². The van der Waals surface area contributed by atoms with E-state index in [9.17, 15) is 19.6 Å². The molecule has 0 amide bonds. The minimum Gasteiger partial charge on any atom is -0.384 e. The molecule has 0 fully saturated rings. The molecule has 15 heavy (non-hydrogen) atoms. The lowest BCUT2D eigenvalue weighted by Gasteiger charge is -2.21. The minimum atomic E-state index is -1.39. The van der Waals surface area contributed by atoms with Crippen LogP contribution < -0.4 is 5.73 Å². The molecule has 3 N–H and O–H groups in total. The highest BCUT2D eigenvalue weighted by Crippen LogP contribution is 2.25. The standard InChI is InChI=1S/C9H11FN2O3/c1-9(13,5-11)6-2-3-7(10)8(4-6)12(14)15/h2-4,13H,5,11H2,1H3. The molecule has 1 rings (SSSR count). The van der Waals surface area contributed by atoms with Gasteiger partial charge in [-0.2, -0.15) is 4.39 Å². The van der Waals surface area contributed by atoms with Gasteiger partial charge in [0, 0.05) is 12.6 Å². The monoisotopic (exact) mass is 214 g/mol. The molecule has 1 atom stereocenters. The lowest BCUT2D eigenvalue weighted by Crippen LogP contribution is -2.31. The van der Waals surface area contributed by atoms with Crippen molar-refractivity contribution >= 4 is 5.69 Å². The van der Waals surface area contributed by atoms with Crippen molar-refractivity contribution < 1.29 is 14.4 Å². The third-order valence-electron chi connectivity index (χ3n) is 2.16. The van der Waals surface area contributed by atoms with E-state index in [1.54, 1.807) is 0 Å². The van der Waals surface area contributed by atoms with Gasteiger partial charge in [0.15, 0.2) is 0 Å². The van der Waals surface area contributed by atoms with Crippen LogP contribution in [-0.2, 0) is 5.60 Å². The Morgan fingerprint density at radius 1 is 1.67 bits per heavy atom. The van der Waals surface area contributed by atoms with E-state index in [2.05, 4.69) is 0 Å². The summed E-state index contributed by atoms with van der Waals surface area (Å²) < 4.78 is 13.0. The molecule has 82 valence electrons. The molecule has 0 aromatic heterocycles. The van der Waals surface area contributed by atoms with Crippen LogP contribution in [0.1, 0.15) is 12.5 Å². The highest BCUT2D eigenvalue weighted by Gasteiger charge is 2.25. The highest BCUT2D eigenvalue weighted by atomic mass is 19.1. The van der Waals surface area contributed by atoms with Gasteiger partial charge in [0.1, 0.15) is 0 Å². The predicted molar refractivity (Wildman–Crippen MR) is 51.7 cm³/mol. The van der Waals surface area contributed by atoms with Crippen LogP contribution in [0.25, 0.3) is 0 Å². The molecule has 0 aliphatic heterocycles. The number of nitro groups is 1. The van der Waals surface area contributed by atoms with Crippen LogP contribution in [-0.4, -0.2) is 16.6 Å². The minimum absolute atomic E-state index is 0.101. The Morgan fingerprint density at radius 2 is 2.27 bits per heavy atom. The Balaban J connectivity index is 3.25. The molecule has 0 spiro atoms. The van der Waals surface area contributed by atoms with Crippen LogP contribution >= 0.6 is 0 Å². The van der Waals surface area contributed by atoms with Gasteiger partial charge in [-0.25, -0.2) is 0 Å². The Morgan fingerprint density at radius 3 is 2.73 bits per heavy atom. The van der Waals surface area contributed by atoms with Crippen molar-refractivity contribution in [2.75, 3.05) is 6.54 Å². The Hall–Kier alpha value is -1.53. The van der Waals surface area contributed by atoms with Gasteiger partial charge in [0.25, 0.3) is 0 Å². The molecular formula is C9H11FN2O3. The van der Waals surface area contributed by atoms with Crippen molar-refractivity contribution in [1.29, 1.82) is 0 Å². The second-order valence-electron chi connectivity index (χ2n) is 3.40. The van der Waals surface area contributed by atoms with Crippen LogP contribution in [0.5, 0.6) is 0 Å². The summed E-state index contributed by atoms with van der Waals surface area (Å²) in [5.74, 6) is -0.934. The number of hydrogen-bond acceptors (Lipinski definition) is 4. The maximum Gasteiger partial charge on any atom is 0.305 e. The molecule has 0 aliphatic carbocycles. The van der Waals surface area contributed by atoms with Gasteiger partial charge in [-0.1, -0.05) is 6.07 Å². The number of aliphatic hydroxyl groups is 1. The fourth-order valence-corrected chi connectivity index (χ4v) is 1.11. The summed E-state index contributed by atoms with van der Waals surface area (Å²) in [6.07, 6.45) is 0. The number of benzene rings is 1. The third-order valence-corrected chi connectivity index (χ3v) is 2.16. The zero-order chi connectivity index (χ0) is 11.6. The molecule has 0 saturated carbocycles. The molecular weight excluding hydrogens is 203 g/mol. The van der Waals surface area contributed by atoms with E-state index in [0.717, 1.165) is 12.1 Å². The number of nitro benzene ring substituents is 1. The van der Waals surface area contributed by atoms with Gasteiger partial charge in [-0.05, 0) is 18.6 Å². The van der Waals surface area contributed by atoms with Crippen LogP contribution in [0.2, 0.25) is 0 Å². The van der Waals surface area contributed by atoms with E-state index in [1.165, 1.54) is 13.0 Å². The maximum atomic E-state index is 13.0. The van der Waals surface area contributed by atoms with E-state index in [0.29, 0.717) is 0 Å². The topological polar surface area (TPSA) is 89.4 Å². The van der Waals surface area contributed by atoms with Gasteiger partial charge >= 0.3 is 5.69 Å². The molecule has 0 heterocycles. The summed E-state index contributed by atoms with van der Waals surface area (Å²) in [6, 6.07) is 3.20. The van der Waals surface area contributed by atoms with Crippen LogP contribution in [0, 0.1) is 15.9 Å². The Kier molecular flexibility index (Phi) is 3.01. The average molecular weight is 214 g/mol. The molecule has 6 heteroatoms. The van der Waals surface area contributed by atoms with Gasteiger partial charge in [0.05, 0.1) is 10.5 Å². The predicted octanol–water partition coefficient (Wildman–Crippen LogP) is 0.900. The van der Waals surface area contributed by atoms with E-state index < -0.39 is 22.0 Å². The number of nitrogens with zero attached hydrogens (tertiary/aromatic N) is 1. The Labute approximate surface area is 85.5 Å². The van der Waals surface area contributed by atoms with Crippen molar-refractivity contribution in [2.45, 2.75) is 12.5 Å². The van der Waals surface area contributed by atoms with E-state index in [4.69, 9.17) is 5.73 Å². The molecule has 0 saturated heterocycles. The normalized spacial score (nSPS) is 14.7. The third kappa shape index (κ3) is 2.28. The zero-order valence-electron chi connectivity index (χ0n) is 8.11. The van der Waals surface area contributed by atoms with Gasteiger partial charge in [-0.3, -0.25) is 10.1 Å². The number of halogens is 1. The lowest BCUT2D eigenvalue weighted by atomic mass is 9.96. The quantitative estimate of drug-likeness (QED) is 0.577. The largest absolute Gasteiger partial charge is 0.384 e. The Bertz CT molecular complexity index is 393. The zero-order valence-corrected chi connectivity index (χ0v) is 8.11. The molecule has 5 nitrogen and oxygen atoms in total. The van der Waals surface area contributed by atoms with E-state index >= 15 is 0 Å². The molecule has 0 aliphatic rings. The highest BCUT2D eigenvalue weighted by molar-refractivity contribution is 5.38. The van der Waals surface area contributed by atoms with Crippen LogP contribution in [0.4, 0.5) is 10.1 Å². The fourth-order valence-electron chi connectivity index (χ4n) is 1.11. The molecule has 1 aromatic rings. The van der Waals surface area contributed by atoms with Gasteiger partial charge in [-0.15, -0.1) is 0 Å². The first-order chi connectivity index (χ1) is 6.88. The second-order valence-corrected chi connectivity index (χ2v) is 3.40. The average Bonchev–Trinajstić information content (AvgIpc) is 2.17. The van der Waals surface area contributed by atoms with E-state index in [1.807, 2.05) is 0 Å². The van der Waals surface area contributed by atoms with Crippen molar-refractivity contribution in [1.82, 2.24) is 0 Å². The fraction of sp³-hybridized carbons (Fsp3) is 0.333. The van der Waals surface area contributed by atoms with E-state index in [-0.39, 0.29) is 12.1 Å². The molecule has 0 radical (unpaired) electrons. The molecule has 0 bridgehead atoms. The van der Waals surface area contributed by atoms with Crippen molar-refractivity contribution in [3.05, 3.63) is 39.7 Å². The lowest BCUT2D eigenvalue weighted by molar-refractivity contribution is -0.387. The van der Waals surface area contributed by atoms with Crippen LogP contribution in [0.15, 0.2) is 18.2 Å². The summed E-state index contributed by atoms with van der Waals surface area (Å²) in [6.45, 7) is 1.31. The first kappa shape index (κ1) is 11.5. The summed E-state index contributed by atoms with van der Waals surface area (Å²) in [7, 11) is 0. The molecule has 1 aromatic carbocycles. The molecule has 1 unspecified atom stereocenters. The smallest absolute Gasteiger partial charge is 0.305 e. The maximum absolute atomic E-state index is 13.0. The summed E-state index contributed by atoms with van der Waals surface area (Å²) >= 11 is 0. The summed E-state index contributed by atoms with van der Waals surface area (Å²) in [5, 5.41) is 20.2.